The molecule has 1 nitrogen and oxygen atoms in total. The standard InChI is InChI=1S/C8H12O/c1-4-5-2-3-6(4)8-7(5)9-8/h4-8H,2-3H2,1H3. The van der Waals surface area contributed by atoms with Crippen LogP contribution in [-0.4, -0.2) is 12.2 Å². The van der Waals surface area contributed by atoms with Crippen LogP contribution in [0, 0.1) is 17.8 Å². The Morgan fingerprint density at radius 2 is 1.67 bits per heavy atom. The molecular weight excluding hydrogens is 112 g/mol. The highest BCUT2D eigenvalue weighted by molar-refractivity contribution is 5.10. The molecule has 1 saturated heterocycles. The number of ether oxygens (including phenoxy) is 1. The van der Waals surface area contributed by atoms with Crippen LogP contribution in [0.1, 0.15) is 19.8 Å². The largest absolute Gasteiger partial charge is 0.369 e. The second-order valence-corrected chi connectivity index (χ2v) is 3.83. The summed E-state index contributed by atoms with van der Waals surface area (Å²) in [7, 11) is 0. The Hall–Kier alpha value is -0.0400. The molecule has 0 aromatic heterocycles. The monoisotopic (exact) mass is 124 g/mol. The lowest BCUT2D eigenvalue weighted by Gasteiger charge is -2.10. The van der Waals surface area contributed by atoms with Crippen molar-refractivity contribution in [1.82, 2.24) is 0 Å². The van der Waals surface area contributed by atoms with Crippen LogP contribution < -0.4 is 0 Å². The summed E-state index contributed by atoms with van der Waals surface area (Å²) in [5.74, 6) is 2.91. The van der Waals surface area contributed by atoms with Gasteiger partial charge in [-0.15, -0.1) is 0 Å². The first-order valence-corrected chi connectivity index (χ1v) is 4.03. The Bertz CT molecular complexity index is 139. The van der Waals surface area contributed by atoms with Crippen molar-refractivity contribution in [3.63, 3.8) is 0 Å². The van der Waals surface area contributed by atoms with Crippen LogP contribution in [0.3, 0.4) is 0 Å². The fraction of sp³-hybridized carbons (Fsp3) is 1.00. The van der Waals surface area contributed by atoms with Crippen molar-refractivity contribution >= 4 is 0 Å². The maximum absolute atomic E-state index is 5.51. The molecule has 0 spiro atoms. The molecule has 2 saturated carbocycles. The minimum Gasteiger partial charge on any atom is -0.369 e. The zero-order chi connectivity index (χ0) is 6.01. The van der Waals surface area contributed by atoms with Crippen molar-refractivity contribution in [2.75, 3.05) is 0 Å². The van der Waals surface area contributed by atoms with E-state index in [9.17, 15) is 0 Å². The number of hydrogen-bond acceptors (Lipinski definition) is 1. The van der Waals surface area contributed by atoms with Gasteiger partial charge in [0.15, 0.2) is 0 Å². The first-order valence-electron chi connectivity index (χ1n) is 4.03. The van der Waals surface area contributed by atoms with Crippen LogP contribution >= 0.6 is 0 Å². The lowest BCUT2D eigenvalue weighted by Crippen LogP contribution is -2.07. The molecule has 2 bridgehead atoms. The molecule has 4 atom stereocenters. The average Bonchev–Trinajstić information content (AvgIpc) is 2.53. The van der Waals surface area contributed by atoms with Gasteiger partial charge in [0.05, 0.1) is 12.2 Å². The van der Waals surface area contributed by atoms with Gasteiger partial charge in [0, 0.05) is 0 Å². The second kappa shape index (κ2) is 1.20. The fourth-order valence-electron chi connectivity index (χ4n) is 2.98. The minimum atomic E-state index is 0.721. The fourth-order valence-corrected chi connectivity index (χ4v) is 2.98. The minimum absolute atomic E-state index is 0.721. The van der Waals surface area contributed by atoms with Gasteiger partial charge in [0.1, 0.15) is 0 Å². The van der Waals surface area contributed by atoms with E-state index >= 15 is 0 Å². The van der Waals surface area contributed by atoms with Crippen LogP contribution in [0.25, 0.3) is 0 Å². The molecule has 0 N–H and O–H groups in total. The Balaban J connectivity index is 2.00. The predicted molar refractivity (Wildman–Crippen MR) is 34.0 cm³/mol. The lowest BCUT2D eigenvalue weighted by molar-refractivity contribution is 0.209. The summed E-state index contributed by atoms with van der Waals surface area (Å²) in [6.07, 6.45) is 4.34. The molecule has 1 heteroatoms. The van der Waals surface area contributed by atoms with Crippen molar-refractivity contribution in [2.45, 2.75) is 32.0 Å². The molecule has 3 aliphatic rings. The van der Waals surface area contributed by atoms with E-state index in [2.05, 4.69) is 6.92 Å². The number of epoxide rings is 1. The maximum atomic E-state index is 5.51. The Morgan fingerprint density at radius 3 is 2.00 bits per heavy atom. The molecule has 50 valence electrons. The van der Waals surface area contributed by atoms with Gasteiger partial charge in [0.25, 0.3) is 0 Å². The van der Waals surface area contributed by atoms with E-state index in [1.165, 1.54) is 12.8 Å². The SMILES string of the molecule is CC1C2CCC1C1OC21. The highest BCUT2D eigenvalue weighted by Gasteiger charge is 2.63. The quantitative estimate of drug-likeness (QED) is 0.445. The summed E-state index contributed by atoms with van der Waals surface area (Å²) in [6.45, 7) is 2.40. The lowest BCUT2D eigenvalue weighted by atomic mass is 9.99. The normalized spacial score (nSPS) is 68.3. The van der Waals surface area contributed by atoms with Crippen LogP contribution in [0.5, 0.6) is 0 Å². The van der Waals surface area contributed by atoms with Crippen molar-refractivity contribution in [3.05, 3.63) is 0 Å². The third kappa shape index (κ3) is 0.389. The Kier molecular flexibility index (Phi) is 0.628. The van der Waals surface area contributed by atoms with Gasteiger partial charge in [-0.05, 0) is 30.6 Å². The summed E-state index contributed by atoms with van der Waals surface area (Å²) in [4.78, 5) is 0. The van der Waals surface area contributed by atoms with Gasteiger partial charge >= 0.3 is 0 Å². The third-order valence-corrected chi connectivity index (χ3v) is 3.59. The molecule has 0 aromatic carbocycles. The summed E-state index contributed by atoms with van der Waals surface area (Å²) < 4.78 is 5.51. The van der Waals surface area contributed by atoms with Crippen molar-refractivity contribution in [2.24, 2.45) is 17.8 Å². The van der Waals surface area contributed by atoms with E-state index in [0.29, 0.717) is 0 Å². The van der Waals surface area contributed by atoms with E-state index < -0.39 is 0 Å². The van der Waals surface area contributed by atoms with Crippen molar-refractivity contribution in [3.8, 4) is 0 Å². The third-order valence-electron chi connectivity index (χ3n) is 3.59. The van der Waals surface area contributed by atoms with Gasteiger partial charge in [-0.2, -0.15) is 0 Å². The molecule has 2 aliphatic carbocycles. The zero-order valence-electron chi connectivity index (χ0n) is 5.71. The topological polar surface area (TPSA) is 12.5 Å². The second-order valence-electron chi connectivity index (χ2n) is 3.83. The maximum Gasteiger partial charge on any atom is 0.0875 e. The van der Waals surface area contributed by atoms with Gasteiger partial charge in [-0.25, -0.2) is 0 Å². The molecule has 4 unspecified atom stereocenters. The van der Waals surface area contributed by atoms with Crippen LogP contribution in [0.2, 0.25) is 0 Å². The van der Waals surface area contributed by atoms with Gasteiger partial charge in [-0.1, -0.05) is 6.92 Å². The average molecular weight is 124 g/mol. The molecule has 0 aromatic rings. The van der Waals surface area contributed by atoms with Gasteiger partial charge < -0.3 is 4.74 Å². The summed E-state index contributed by atoms with van der Waals surface area (Å²) >= 11 is 0. The molecular formula is C8H12O. The van der Waals surface area contributed by atoms with Crippen LogP contribution in [-0.2, 0) is 4.74 Å². The number of rotatable bonds is 0. The van der Waals surface area contributed by atoms with E-state index in [1.807, 2.05) is 0 Å². The number of fused-ring (bicyclic) bond motifs is 5. The molecule has 9 heavy (non-hydrogen) atoms. The zero-order valence-corrected chi connectivity index (χ0v) is 5.71. The highest BCUT2D eigenvalue weighted by Crippen LogP contribution is 2.59. The van der Waals surface area contributed by atoms with Gasteiger partial charge in [0.2, 0.25) is 0 Å². The smallest absolute Gasteiger partial charge is 0.0875 e. The number of hydrogen-bond donors (Lipinski definition) is 0. The van der Waals surface area contributed by atoms with Crippen LogP contribution in [0.15, 0.2) is 0 Å². The Labute approximate surface area is 55.4 Å². The molecule has 0 radical (unpaired) electrons. The summed E-state index contributed by atoms with van der Waals surface area (Å²) in [6, 6.07) is 0. The molecule has 3 fully saturated rings. The van der Waals surface area contributed by atoms with E-state index in [-0.39, 0.29) is 0 Å². The summed E-state index contributed by atoms with van der Waals surface area (Å²) in [5.41, 5.74) is 0. The van der Waals surface area contributed by atoms with Crippen LogP contribution in [0.4, 0.5) is 0 Å². The first kappa shape index (κ1) is 4.73. The van der Waals surface area contributed by atoms with Crippen molar-refractivity contribution < 1.29 is 4.74 Å². The molecule has 1 heterocycles. The van der Waals surface area contributed by atoms with E-state index in [4.69, 9.17) is 4.74 Å². The highest BCUT2D eigenvalue weighted by atomic mass is 16.6. The van der Waals surface area contributed by atoms with Gasteiger partial charge in [-0.3, -0.25) is 0 Å². The van der Waals surface area contributed by atoms with E-state index in [0.717, 1.165) is 30.0 Å². The predicted octanol–water partition coefficient (Wildman–Crippen LogP) is 1.43. The molecule has 1 aliphatic heterocycles. The van der Waals surface area contributed by atoms with E-state index in [1.54, 1.807) is 0 Å². The first-order chi connectivity index (χ1) is 4.38. The molecule has 3 rings (SSSR count). The Morgan fingerprint density at radius 1 is 1.11 bits per heavy atom. The van der Waals surface area contributed by atoms with Crippen molar-refractivity contribution in [1.29, 1.82) is 0 Å². The summed E-state index contributed by atoms with van der Waals surface area (Å²) in [5, 5.41) is 0. The molecule has 0 amide bonds.